The number of para-hydroxylation sites is 1. The van der Waals surface area contributed by atoms with E-state index in [1.54, 1.807) is 12.1 Å². The zero-order valence-electron chi connectivity index (χ0n) is 13.4. The highest BCUT2D eigenvalue weighted by molar-refractivity contribution is 7.99. The SMILES string of the molecule is CC(C)c1ccccc1NC(=O)CSc1nnc(-c2ccco2)o1. The number of thioether (sulfide) groups is 1. The molecule has 0 bridgehead atoms. The van der Waals surface area contributed by atoms with Gasteiger partial charge in [0, 0.05) is 5.69 Å². The molecule has 0 radical (unpaired) electrons. The normalized spacial score (nSPS) is 11.0. The van der Waals surface area contributed by atoms with Crippen molar-refractivity contribution in [3.63, 3.8) is 0 Å². The monoisotopic (exact) mass is 343 g/mol. The molecule has 6 nitrogen and oxygen atoms in total. The fourth-order valence-electron chi connectivity index (χ4n) is 2.20. The summed E-state index contributed by atoms with van der Waals surface area (Å²) in [5, 5.41) is 11.1. The highest BCUT2D eigenvalue weighted by Crippen LogP contribution is 2.25. The van der Waals surface area contributed by atoms with Crippen LogP contribution < -0.4 is 5.32 Å². The number of hydrogen-bond donors (Lipinski definition) is 1. The number of furan rings is 1. The van der Waals surface area contributed by atoms with Crippen molar-refractivity contribution in [3.05, 3.63) is 48.2 Å². The van der Waals surface area contributed by atoms with E-state index in [0.29, 0.717) is 22.8 Å². The lowest BCUT2D eigenvalue weighted by Gasteiger charge is -2.13. The number of hydrogen-bond acceptors (Lipinski definition) is 6. The smallest absolute Gasteiger partial charge is 0.284 e. The Hall–Kier alpha value is -2.54. The molecule has 3 aromatic rings. The second kappa shape index (κ2) is 7.35. The molecule has 0 fully saturated rings. The summed E-state index contributed by atoms with van der Waals surface area (Å²) in [6, 6.07) is 11.3. The number of nitrogens with one attached hydrogen (secondary N) is 1. The minimum absolute atomic E-state index is 0.120. The van der Waals surface area contributed by atoms with Gasteiger partial charge in [0.1, 0.15) is 0 Å². The lowest BCUT2D eigenvalue weighted by molar-refractivity contribution is -0.113. The first-order valence-corrected chi connectivity index (χ1v) is 8.51. The molecule has 0 aliphatic carbocycles. The third-order valence-electron chi connectivity index (χ3n) is 3.32. The van der Waals surface area contributed by atoms with Crippen LogP contribution in [0.2, 0.25) is 0 Å². The Morgan fingerprint density at radius 2 is 2.04 bits per heavy atom. The molecule has 0 unspecified atom stereocenters. The summed E-state index contributed by atoms with van der Waals surface area (Å²) in [6.45, 7) is 4.18. The largest absolute Gasteiger partial charge is 0.459 e. The maximum atomic E-state index is 12.2. The van der Waals surface area contributed by atoms with Gasteiger partial charge in [0.25, 0.3) is 11.1 Å². The van der Waals surface area contributed by atoms with Crippen LogP contribution in [0.1, 0.15) is 25.3 Å². The van der Waals surface area contributed by atoms with Crippen molar-refractivity contribution in [2.45, 2.75) is 25.0 Å². The van der Waals surface area contributed by atoms with E-state index in [-0.39, 0.29) is 11.7 Å². The Kier molecular flexibility index (Phi) is 5.00. The van der Waals surface area contributed by atoms with E-state index in [2.05, 4.69) is 29.4 Å². The molecule has 1 aromatic carbocycles. The van der Waals surface area contributed by atoms with E-state index >= 15 is 0 Å². The number of anilines is 1. The second-order valence-corrected chi connectivity index (χ2v) is 6.36. The summed E-state index contributed by atoms with van der Waals surface area (Å²) < 4.78 is 10.6. The summed E-state index contributed by atoms with van der Waals surface area (Å²) in [6.07, 6.45) is 1.53. The number of carbonyl (C=O) groups is 1. The Morgan fingerprint density at radius 1 is 1.21 bits per heavy atom. The van der Waals surface area contributed by atoms with Crippen LogP contribution in [0.25, 0.3) is 11.7 Å². The van der Waals surface area contributed by atoms with Gasteiger partial charge in [-0.3, -0.25) is 4.79 Å². The maximum Gasteiger partial charge on any atom is 0.284 e. The van der Waals surface area contributed by atoms with Crippen molar-refractivity contribution >= 4 is 23.4 Å². The molecule has 7 heteroatoms. The molecule has 0 saturated heterocycles. The zero-order chi connectivity index (χ0) is 16.9. The van der Waals surface area contributed by atoms with Gasteiger partial charge in [0.2, 0.25) is 5.91 Å². The molecule has 3 rings (SSSR count). The van der Waals surface area contributed by atoms with Gasteiger partial charge in [-0.05, 0) is 29.7 Å². The summed E-state index contributed by atoms with van der Waals surface area (Å²) in [7, 11) is 0. The third-order valence-corrected chi connectivity index (χ3v) is 4.14. The Morgan fingerprint density at radius 3 is 2.79 bits per heavy atom. The molecule has 2 aromatic heterocycles. The fraction of sp³-hybridized carbons (Fsp3) is 0.235. The molecular weight excluding hydrogens is 326 g/mol. The van der Waals surface area contributed by atoms with Crippen molar-refractivity contribution in [2.24, 2.45) is 0 Å². The Balaban J connectivity index is 1.58. The summed E-state index contributed by atoms with van der Waals surface area (Å²) in [5.41, 5.74) is 1.94. The van der Waals surface area contributed by atoms with E-state index in [0.717, 1.165) is 11.3 Å². The van der Waals surface area contributed by atoms with Crippen LogP contribution in [0.4, 0.5) is 5.69 Å². The number of aromatic nitrogens is 2. The number of carbonyl (C=O) groups excluding carboxylic acids is 1. The highest BCUT2D eigenvalue weighted by Gasteiger charge is 2.14. The highest BCUT2D eigenvalue weighted by atomic mass is 32.2. The van der Waals surface area contributed by atoms with Gasteiger partial charge in [0.15, 0.2) is 5.76 Å². The van der Waals surface area contributed by atoms with Crippen molar-refractivity contribution < 1.29 is 13.6 Å². The van der Waals surface area contributed by atoms with E-state index in [4.69, 9.17) is 8.83 Å². The van der Waals surface area contributed by atoms with Gasteiger partial charge < -0.3 is 14.2 Å². The van der Waals surface area contributed by atoms with Gasteiger partial charge in [-0.2, -0.15) is 0 Å². The van der Waals surface area contributed by atoms with Crippen LogP contribution in [-0.4, -0.2) is 21.9 Å². The van der Waals surface area contributed by atoms with Crippen molar-refractivity contribution in [1.82, 2.24) is 10.2 Å². The van der Waals surface area contributed by atoms with E-state index in [1.807, 2.05) is 24.3 Å². The van der Waals surface area contributed by atoms with E-state index in [9.17, 15) is 4.79 Å². The number of rotatable bonds is 6. The zero-order valence-corrected chi connectivity index (χ0v) is 14.2. The fourth-order valence-corrected chi connectivity index (χ4v) is 2.76. The van der Waals surface area contributed by atoms with Gasteiger partial charge in [-0.25, -0.2) is 0 Å². The second-order valence-electron chi connectivity index (χ2n) is 5.43. The standard InChI is InChI=1S/C17H17N3O3S/c1-11(2)12-6-3-4-7-13(12)18-15(21)10-24-17-20-19-16(23-17)14-8-5-9-22-14/h3-9,11H,10H2,1-2H3,(H,18,21). The van der Waals surface area contributed by atoms with Crippen LogP contribution in [0.5, 0.6) is 0 Å². The van der Waals surface area contributed by atoms with Crippen LogP contribution >= 0.6 is 11.8 Å². The average molecular weight is 343 g/mol. The molecule has 1 N–H and O–H groups in total. The first-order valence-electron chi connectivity index (χ1n) is 7.52. The molecule has 24 heavy (non-hydrogen) atoms. The summed E-state index contributed by atoms with van der Waals surface area (Å²) in [4.78, 5) is 12.2. The molecular formula is C17H17N3O3S. The predicted octanol–water partition coefficient (Wildman–Crippen LogP) is 4.18. The minimum Gasteiger partial charge on any atom is -0.459 e. The van der Waals surface area contributed by atoms with Gasteiger partial charge in [0.05, 0.1) is 12.0 Å². The van der Waals surface area contributed by atoms with Crippen LogP contribution in [-0.2, 0) is 4.79 Å². The first-order chi connectivity index (χ1) is 11.6. The number of benzene rings is 1. The van der Waals surface area contributed by atoms with Crippen molar-refractivity contribution in [3.8, 4) is 11.7 Å². The van der Waals surface area contributed by atoms with Crippen molar-refractivity contribution in [1.29, 1.82) is 0 Å². The van der Waals surface area contributed by atoms with Gasteiger partial charge in [-0.15, -0.1) is 10.2 Å². The first kappa shape index (κ1) is 16.3. The topological polar surface area (TPSA) is 81.2 Å². The molecule has 0 aliphatic heterocycles. The lowest BCUT2D eigenvalue weighted by atomic mass is 10.0. The van der Waals surface area contributed by atoms with Crippen LogP contribution in [0.3, 0.4) is 0 Å². The number of nitrogens with zero attached hydrogens (tertiary/aromatic N) is 2. The predicted molar refractivity (Wildman–Crippen MR) is 91.9 cm³/mol. The van der Waals surface area contributed by atoms with Gasteiger partial charge in [-0.1, -0.05) is 43.8 Å². The summed E-state index contributed by atoms with van der Waals surface area (Å²) in [5.74, 6) is 1.20. The van der Waals surface area contributed by atoms with E-state index < -0.39 is 0 Å². The summed E-state index contributed by atoms with van der Waals surface area (Å²) >= 11 is 1.19. The molecule has 1 amide bonds. The average Bonchev–Trinajstić information content (AvgIpc) is 3.24. The molecule has 2 heterocycles. The Bertz CT molecular complexity index is 812. The minimum atomic E-state index is -0.120. The Labute approximate surface area is 143 Å². The molecule has 0 atom stereocenters. The number of amides is 1. The molecule has 0 aliphatic rings. The third kappa shape index (κ3) is 3.86. The molecule has 0 spiro atoms. The van der Waals surface area contributed by atoms with Gasteiger partial charge >= 0.3 is 0 Å². The molecule has 0 saturated carbocycles. The van der Waals surface area contributed by atoms with Crippen LogP contribution in [0, 0.1) is 0 Å². The quantitative estimate of drug-likeness (QED) is 0.676. The van der Waals surface area contributed by atoms with Crippen LogP contribution in [0.15, 0.2) is 56.7 Å². The van der Waals surface area contributed by atoms with Crippen molar-refractivity contribution in [2.75, 3.05) is 11.1 Å². The maximum absolute atomic E-state index is 12.2. The lowest BCUT2D eigenvalue weighted by Crippen LogP contribution is -2.15. The molecule has 124 valence electrons. The van der Waals surface area contributed by atoms with E-state index in [1.165, 1.54) is 18.0 Å².